The molecule has 1 rings (SSSR count). The molecule has 0 fully saturated rings. The first-order valence-electron chi connectivity index (χ1n) is 3.92. The molecule has 0 saturated heterocycles. The summed E-state index contributed by atoms with van der Waals surface area (Å²) in [6.07, 6.45) is -3.59. The van der Waals surface area contributed by atoms with Crippen molar-refractivity contribution in [3.63, 3.8) is 0 Å². The Morgan fingerprint density at radius 2 is 1.93 bits per heavy atom. The number of aromatic nitrogens is 1. The van der Waals surface area contributed by atoms with Gasteiger partial charge < -0.3 is 4.74 Å². The minimum Gasteiger partial charge on any atom is -0.490 e. The van der Waals surface area contributed by atoms with Crippen LogP contribution in [0, 0.1) is 5.95 Å². The fourth-order valence-corrected chi connectivity index (χ4v) is 0.765. The van der Waals surface area contributed by atoms with E-state index in [2.05, 4.69) is 9.72 Å². The average Bonchev–Trinajstić information content (AvgIpc) is 2.14. The third-order valence-electron chi connectivity index (χ3n) is 1.32. The number of rotatable bonds is 4. The molecule has 84 valence electrons. The lowest BCUT2D eigenvalue weighted by Crippen LogP contribution is -2.18. The SMILES string of the molecule is Fc1ccc(OCCOC(F)(F)F)cn1. The van der Waals surface area contributed by atoms with E-state index in [4.69, 9.17) is 4.74 Å². The maximum absolute atomic E-state index is 12.3. The van der Waals surface area contributed by atoms with Gasteiger partial charge in [-0.05, 0) is 12.1 Å². The van der Waals surface area contributed by atoms with Gasteiger partial charge in [0, 0.05) is 0 Å². The van der Waals surface area contributed by atoms with Crippen molar-refractivity contribution in [2.75, 3.05) is 13.2 Å². The van der Waals surface area contributed by atoms with E-state index in [1.807, 2.05) is 0 Å². The zero-order chi connectivity index (χ0) is 11.3. The van der Waals surface area contributed by atoms with E-state index in [1.165, 1.54) is 6.07 Å². The summed E-state index contributed by atoms with van der Waals surface area (Å²) in [5, 5.41) is 0. The second-order valence-electron chi connectivity index (χ2n) is 2.46. The molecule has 0 amide bonds. The van der Waals surface area contributed by atoms with Gasteiger partial charge in [-0.1, -0.05) is 0 Å². The molecule has 7 heteroatoms. The first-order chi connectivity index (χ1) is 6.97. The number of pyridine rings is 1. The highest BCUT2D eigenvalue weighted by atomic mass is 19.4. The Kier molecular flexibility index (Phi) is 3.84. The van der Waals surface area contributed by atoms with Crippen molar-refractivity contribution < 1.29 is 27.0 Å². The highest BCUT2D eigenvalue weighted by molar-refractivity contribution is 5.15. The summed E-state index contributed by atoms with van der Waals surface area (Å²) in [4.78, 5) is 3.25. The van der Waals surface area contributed by atoms with Crippen LogP contribution in [0.2, 0.25) is 0 Å². The molecule has 0 saturated carbocycles. The Morgan fingerprint density at radius 3 is 2.47 bits per heavy atom. The van der Waals surface area contributed by atoms with Crippen molar-refractivity contribution in [2.24, 2.45) is 0 Å². The van der Waals surface area contributed by atoms with Crippen LogP contribution in [0.5, 0.6) is 5.75 Å². The molecule has 15 heavy (non-hydrogen) atoms. The van der Waals surface area contributed by atoms with E-state index in [0.29, 0.717) is 0 Å². The van der Waals surface area contributed by atoms with Gasteiger partial charge in [0.1, 0.15) is 12.4 Å². The van der Waals surface area contributed by atoms with Crippen molar-refractivity contribution >= 4 is 0 Å². The van der Waals surface area contributed by atoms with Crippen LogP contribution < -0.4 is 4.74 Å². The molecule has 0 aliphatic rings. The van der Waals surface area contributed by atoms with Crippen molar-refractivity contribution in [3.8, 4) is 5.75 Å². The molecule has 0 atom stereocenters. The van der Waals surface area contributed by atoms with Crippen LogP contribution in [0.1, 0.15) is 0 Å². The topological polar surface area (TPSA) is 31.4 Å². The summed E-state index contributed by atoms with van der Waals surface area (Å²) in [5.41, 5.74) is 0. The fourth-order valence-electron chi connectivity index (χ4n) is 0.765. The second kappa shape index (κ2) is 4.92. The van der Waals surface area contributed by atoms with Gasteiger partial charge in [0.25, 0.3) is 0 Å². The maximum Gasteiger partial charge on any atom is 0.522 e. The number of alkyl halides is 3. The van der Waals surface area contributed by atoms with E-state index in [0.717, 1.165) is 12.3 Å². The normalized spacial score (nSPS) is 11.5. The number of hydrogen-bond acceptors (Lipinski definition) is 3. The van der Waals surface area contributed by atoms with Gasteiger partial charge in [0.15, 0.2) is 0 Å². The molecule has 0 bridgehead atoms. The minimum atomic E-state index is -4.66. The Labute approximate surface area is 82.6 Å². The monoisotopic (exact) mass is 225 g/mol. The fraction of sp³-hybridized carbons (Fsp3) is 0.375. The summed E-state index contributed by atoms with van der Waals surface area (Å²) in [6.45, 7) is -0.909. The van der Waals surface area contributed by atoms with Gasteiger partial charge in [-0.2, -0.15) is 4.39 Å². The predicted octanol–water partition coefficient (Wildman–Crippen LogP) is 2.14. The molecule has 0 aliphatic heterocycles. The van der Waals surface area contributed by atoms with E-state index >= 15 is 0 Å². The largest absolute Gasteiger partial charge is 0.522 e. The van der Waals surface area contributed by atoms with Crippen LogP contribution in [0.4, 0.5) is 17.6 Å². The zero-order valence-corrected chi connectivity index (χ0v) is 7.42. The molecule has 3 nitrogen and oxygen atoms in total. The van der Waals surface area contributed by atoms with Crippen LogP contribution in [0.15, 0.2) is 18.3 Å². The molecule has 0 unspecified atom stereocenters. The van der Waals surface area contributed by atoms with E-state index in [1.54, 1.807) is 0 Å². The number of hydrogen-bond donors (Lipinski definition) is 0. The molecular formula is C8H7F4NO2. The Hall–Kier alpha value is -1.37. The lowest BCUT2D eigenvalue weighted by Gasteiger charge is -2.08. The number of ether oxygens (including phenoxy) is 2. The molecule has 0 aromatic carbocycles. The number of halogens is 4. The minimum absolute atomic E-state index is 0.183. The maximum atomic E-state index is 12.3. The quantitative estimate of drug-likeness (QED) is 0.447. The molecule has 1 aromatic rings. The van der Waals surface area contributed by atoms with Gasteiger partial charge in [0.05, 0.1) is 12.8 Å². The number of nitrogens with zero attached hydrogens (tertiary/aromatic N) is 1. The van der Waals surface area contributed by atoms with Gasteiger partial charge >= 0.3 is 6.36 Å². The predicted molar refractivity (Wildman–Crippen MR) is 41.7 cm³/mol. The van der Waals surface area contributed by atoms with Crippen molar-refractivity contribution in [1.82, 2.24) is 4.98 Å². The van der Waals surface area contributed by atoms with E-state index < -0.39 is 18.9 Å². The van der Waals surface area contributed by atoms with Gasteiger partial charge in [-0.25, -0.2) is 4.98 Å². The smallest absolute Gasteiger partial charge is 0.490 e. The average molecular weight is 225 g/mol. The van der Waals surface area contributed by atoms with Crippen LogP contribution in [0.3, 0.4) is 0 Å². The molecule has 0 radical (unpaired) electrons. The Bertz CT molecular complexity index is 299. The van der Waals surface area contributed by atoms with Gasteiger partial charge in [-0.15, -0.1) is 13.2 Å². The zero-order valence-electron chi connectivity index (χ0n) is 7.42. The Morgan fingerprint density at radius 1 is 1.20 bits per heavy atom. The standard InChI is InChI=1S/C8H7F4NO2/c9-7-2-1-6(5-13-7)14-3-4-15-8(10,11)12/h1-2,5H,3-4H2. The summed E-state index contributed by atoms with van der Waals surface area (Å²) in [6, 6.07) is 2.30. The Balaban J connectivity index is 2.23. The molecule has 1 aromatic heterocycles. The van der Waals surface area contributed by atoms with Crippen molar-refractivity contribution in [3.05, 3.63) is 24.3 Å². The molecule has 0 spiro atoms. The third kappa shape index (κ3) is 5.16. The summed E-state index contributed by atoms with van der Waals surface area (Å²) in [5.74, 6) is -0.504. The second-order valence-corrected chi connectivity index (χ2v) is 2.46. The highest BCUT2D eigenvalue weighted by Crippen LogP contribution is 2.15. The lowest BCUT2D eigenvalue weighted by atomic mass is 10.4. The molecule has 0 aliphatic carbocycles. The van der Waals surface area contributed by atoms with Crippen LogP contribution >= 0.6 is 0 Å². The first kappa shape index (κ1) is 11.7. The van der Waals surface area contributed by atoms with Crippen LogP contribution in [0.25, 0.3) is 0 Å². The molecular weight excluding hydrogens is 218 g/mol. The highest BCUT2D eigenvalue weighted by Gasteiger charge is 2.28. The van der Waals surface area contributed by atoms with Crippen molar-refractivity contribution in [2.45, 2.75) is 6.36 Å². The summed E-state index contributed by atoms with van der Waals surface area (Å²) >= 11 is 0. The summed E-state index contributed by atoms with van der Waals surface area (Å²) in [7, 11) is 0. The van der Waals surface area contributed by atoms with E-state index in [9.17, 15) is 17.6 Å². The van der Waals surface area contributed by atoms with Crippen molar-refractivity contribution in [1.29, 1.82) is 0 Å². The molecule has 0 N–H and O–H groups in total. The lowest BCUT2D eigenvalue weighted by molar-refractivity contribution is -0.325. The molecule has 1 heterocycles. The van der Waals surface area contributed by atoms with E-state index in [-0.39, 0.29) is 12.4 Å². The summed E-state index contributed by atoms with van der Waals surface area (Å²) < 4.78 is 55.0. The third-order valence-corrected chi connectivity index (χ3v) is 1.32. The van der Waals surface area contributed by atoms with Crippen LogP contribution in [-0.2, 0) is 4.74 Å². The van der Waals surface area contributed by atoms with Gasteiger partial charge in [0.2, 0.25) is 5.95 Å². The van der Waals surface area contributed by atoms with Gasteiger partial charge in [-0.3, -0.25) is 4.74 Å². The van der Waals surface area contributed by atoms with Crippen LogP contribution in [-0.4, -0.2) is 24.6 Å². The first-order valence-corrected chi connectivity index (χ1v) is 3.92.